The highest BCUT2D eigenvalue weighted by Gasteiger charge is 2.08. The molecule has 0 aliphatic rings. The molecule has 0 heterocycles. The molecule has 1 rings (SSSR count). The Kier molecular flexibility index (Phi) is 7.29. The van der Waals surface area contributed by atoms with Gasteiger partial charge in [0.1, 0.15) is 0 Å². The van der Waals surface area contributed by atoms with Crippen LogP contribution < -0.4 is 0 Å². The van der Waals surface area contributed by atoms with E-state index in [-0.39, 0.29) is 0 Å². The normalized spacial score (nSPS) is 11.1. The van der Waals surface area contributed by atoms with E-state index in [0.717, 1.165) is 35.2 Å². The first-order valence-corrected chi connectivity index (χ1v) is 7.18. The van der Waals surface area contributed by atoms with Crippen LogP contribution >= 0.6 is 34.8 Å². The average molecular weight is 295 g/mol. The van der Waals surface area contributed by atoms with Crippen molar-refractivity contribution in [1.29, 1.82) is 0 Å². The zero-order chi connectivity index (χ0) is 12.7. The van der Waals surface area contributed by atoms with Gasteiger partial charge < -0.3 is 0 Å². The van der Waals surface area contributed by atoms with Crippen LogP contribution in [-0.2, 0) is 6.54 Å². The zero-order valence-corrected chi connectivity index (χ0v) is 12.3. The highest BCUT2D eigenvalue weighted by atomic mass is 35.5. The van der Waals surface area contributed by atoms with Gasteiger partial charge in [-0.05, 0) is 36.7 Å². The van der Waals surface area contributed by atoms with Gasteiger partial charge in [0.2, 0.25) is 0 Å². The van der Waals surface area contributed by atoms with Gasteiger partial charge in [-0.2, -0.15) is 0 Å². The Morgan fingerprint density at radius 1 is 1.18 bits per heavy atom. The van der Waals surface area contributed by atoms with Crippen LogP contribution in [0.3, 0.4) is 0 Å². The van der Waals surface area contributed by atoms with E-state index < -0.39 is 0 Å². The van der Waals surface area contributed by atoms with Gasteiger partial charge in [-0.25, -0.2) is 0 Å². The van der Waals surface area contributed by atoms with E-state index in [1.165, 1.54) is 12.8 Å². The topological polar surface area (TPSA) is 3.24 Å². The molecule has 1 nitrogen and oxygen atoms in total. The molecule has 0 fully saturated rings. The van der Waals surface area contributed by atoms with Crippen LogP contribution in [0, 0.1) is 0 Å². The molecule has 0 saturated heterocycles. The highest BCUT2D eigenvalue weighted by Crippen LogP contribution is 2.22. The first-order chi connectivity index (χ1) is 8.17. The molecule has 4 heteroatoms. The van der Waals surface area contributed by atoms with Gasteiger partial charge in [0, 0.05) is 29.0 Å². The number of rotatable bonds is 7. The minimum absolute atomic E-state index is 0.641. The smallest absolute Gasteiger partial charge is 0.0452 e. The van der Waals surface area contributed by atoms with E-state index in [0.29, 0.717) is 5.88 Å². The number of hydrogen-bond acceptors (Lipinski definition) is 1. The molecule has 0 aromatic heterocycles. The van der Waals surface area contributed by atoms with Crippen molar-refractivity contribution < 1.29 is 0 Å². The predicted octanol–water partition coefficient (Wildman–Crippen LogP) is 4.83. The number of unbranched alkanes of at least 4 members (excludes halogenated alkanes) is 1. The molecule has 0 aliphatic heterocycles. The summed E-state index contributed by atoms with van der Waals surface area (Å²) in [6.45, 7) is 4.92. The van der Waals surface area contributed by atoms with Crippen molar-refractivity contribution in [3.8, 4) is 0 Å². The molecular weight excluding hydrogens is 277 g/mol. The fraction of sp³-hybridized carbons (Fsp3) is 0.538. The lowest BCUT2D eigenvalue weighted by molar-refractivity contribution is 0.277. The van der Waals surface area contributed by atoms with Crippen molar-refractivity contribution in [2.45, 2.75) is 26.3 Å². The van der Waals surface area contributed by atoms with Gasteiger partial charge in [-0.3, -0.25) is 4.90 Å². The zero-order valence-electron chi connectivity index (χ0n) is 10.1. The number of benzene rings is 1. The summed E-state index contributed by atoms with van der Waals surface area (Å²) >= 11 is 17.9. The predicted molar refractivity (Wildman–Crippen MR) is 77.4 cm³/mol. The highest BCUT2D eigenvalue weighted by molar-refractivity contribution is 6.33. The van der Waals surface area contributed by atoms with E-state index in [9.17, 15) is 0 Å². The van der Waals surface area contributed by atoms with Crippen molar-refractivity contribution in [3.63, 3.8) is 0 Å². The summed E-state index contributed by atoms with van der Waals surface area (Å²) in [6.07, 6.45) is 2.36. The molecule has 0 atom stereocenters. The summed E-state index contributed by atoms with van der Waals surface area (Å²) in [4.78, 5) is 2.31. The van der Waals surface area contributed by atoms with Crippen LogP contribution in [0.2, 0.25) is 10.0 Å². The number of alkyl halides is 1. The number of hydrogen-bond donors (Lipinski definition) is 0. The maximum Gasteiger partial charge on any atom is 0.0452 e. The lowest BCUT2D eigenvalue weighted by Crippen LogP contribution is -2.26. The van der Waals surface area contributed by atoms with Crippen molar-refractivity contribution >= 4 is 34.8 Å². The summed E-state index contributed by atoms with van der Waals surface area (Å²) in [5, 5.41) is 1.50. The average Bonchev–Trinajstić information content (AvgIpc) is 2.31. The summed E-state index contributed by atoms with van der Waals surface area (Å²) in [7, 11) is 0. The van der Waals surface area contributed by atoms with Crippen LogP contribution in [0.25, 0.3) is 0 Å². The number of halogens is 3. The first kappa shape index (κ1) is 15.1. The van der Waals surface area contributed by atoms with Gasteiger partial charge in [0.15, 0.2) is 0 Å². The van der Waals surface area contributed by atoms with Crippen LogP contribution in [0.15, 0.2) is 18.2 Å². The molecule has 0 unspecified atom stereocenters. The lowest BCUT2D eigenvalue weighted by Gasteiger charge is -2.21. The SMILES string of the molecule is CCCCN(CCCl)Cc1cc(Cl)ccc1Cl. The van der Waals surface area contributed by atoms with Crippen LogP contribution in [0.4, 0.5) is 0 Å². The van der Waals surface area contributed by atoms with Gasteiger partial charge in [-0.1, -0.05) is 36.5 Å². The Morgan fingerprint density at radius 3 is 2.59 bits per heavy atom. The van der Waals surface area contributed by atoms with E-state index in [2.05, 4.69) is 11.8 Å². The van der Waals surface area contributed by atoms with Crippen molar-refractivity contribution in [2.24, 2.45) is 0 Å². The van der Waals surface area contributed by atoms with Crippen molar-refractivity contribution in [2.75, 3.05) is 19.0 Å². The quantitative estimate of drug-likeness (QED) is 0.651. The minimum Gasteiger partial charge on any atom is -0.298 e. The molecule has 17 heavy (non-hydrogen) atoms. The van der Waals surface area contributed by atoms with E-state index in [4.69, 9.17) is 34.8 Å². The molecule has 0 amide bonds. The van der Waals surface area contributed by atoms with E-state index in [1.807, 2.05) is 18.2 Å². The third-order valence-electron chi connectivity index (χ3n) is 2.63. The van der Waals surface area contributed by atoms with Crippen LogP contribution in [-0.4, -0.2) is 23.9 Å². The van der Waals surface area contributed by atoms with Crippen LogP contribution in [0.1, 0.15) is 25.3 Å². The Bertz CT molecular complexity index is 341. The molecule has 0 aliphatic carbocycles. The molecular formula is C13H18Cl3N. The largest absolute Gasteiger partial charge is 0.298 e. The van der Waals surface area contributed by atoms with Gasteiger partial charge in [0.05, 0.1) is 0 Å². The second kappa shape index (κ2) is 8.20. The van der Waals surface area contributed by atoms with Crippen molar-refractivity contribution in [1.82, 2.24) is 4.90 Å². The van der Waals surface area contributed by atoms with Crippen LogP contribution in [0.5, 0.6) is 0 Å². The monoisotopic (exact) mass is 293 g/mol. The molecule has 0 radical (unpaired) electrons. The van der Waals surface area contributed by atoms with Gasteiger partial charge >= 0.3 is 0 Å². The summed E-state index contributed by atoms with van der Waals surface area (Å²) in [6, 6.07) is 5.58. The minimum atomic E-state index is 0.641. The fourth-order valence-corrected chi connectivity index (χ4v) is 2.29. The maximum absolute atomic E-state index is 6.16. The summed E-state index contributed by atoms with van der Waals surface area (Å²) in [5.41, 5.74) is 1.07. The standard InChI is InChI=1S/C13H18Cl3N/c1-2-3-7-17(8-6-14)10-11-9-12(15)4-5-13(11)16/h4-5,9H,2-3,6-8,10H2,1H3. The fourth-order valence-electron chi connectivity index (χ4n) is 1.68. The molecule has 0 saturated carbocycles. The second-order valence-electron chi connectivity index (χ2n) is 4.05. The molecule has 0 spiro atoms. The Hall–Kier alpha value is 0.0500. The Morgan fingerprint density at radius 2 is 1.94 bits per heavy atom. The lowest BCUT2D eigenvalue weighted by atomic mass is 10.2. The summed E-state index contributed by atoms with van der Waals surface area (Å²) in [5.74, 6) is 0.641. The maximum atomic E-state index is 6.16. The first-order valence-electron chi connectivity index (χ1n) is 5.89. The molecule has 0 bridgehead atoms. The molecule has 0 N–H and O–H groups in total. The third-order valence-corrected chi connectivity index (χ3v) is 3.40. The Labute approximate surface area is 119 Å². The third kappa shape index (κ3) is 5.48. The van der Waals surface area contributed by atoms with Gasteiger partial charge in [-0.15, -0.1) is 11.6 Å². The number of nitrogens with zero attached hydrogens (tertiary/aromatic N) is 1. The van der Waals surface area contributed by atoms with Gasteiger partial charge in [0.25, 0.3) is 0 Å². The molecule has 1 aromatic rings. The second-order valence-corrected chi connectivity index (χ2v) is 5.28. The van der Waals surface area contributed by atoms with E-state index in [1.54, 1.807) is 0 Å². The van der Waals surface area contributed by atoms with E-state index >= 15 is 0 Å². The van der Waals surface area contributed by atoms with Crippen molar-refractivity contribution in [3.05, 3.63) is 33.8 Å². The summed E-state index contributed by atoms with van der Waals surface area (Å²) < 4.78 is 0. The molecule has 96 valence electrons. The Balaban J connectivity index is 2.67. The molecule has 1 aromatic carbocycles.